The molecule has 1 saturated carbocycles. The standard InChI is InChI=1S/C16H21ClN2OS/c1-20-14-6-4-5-13(17)12(14)9-18-15-19-10-16(11-21-15)7-2-3-8-16/h4-6H,2-3,7-11H2,1H3,(H,18,19). The van der Waals surface area contributed by atoms with Crippen molar-refractivity contribution in [1.82, 2.24) is 5.32 Å². The van der Waals surface area contributed by atoms with Crippen molar-refractivity contribution in [3.05, 3.63) is 28.8 Å². The summed E-state index contributed by atoms with van der Waals surface area (Å²) in [5.74, 6) is 2.02. The molecule has 2 aliphatic rings. The van der Waals surface area contributed by atoms with Crippen LogP contribution in [-0.2, 0) is 6.54 Å². The van der Waals surface area contributed by atoms with E-state index in [1.807, 2.05) is 30.0 Å². The Morgan fingerprint density at radius 3 is 2.86 bits per heavy atom. The number of halogens is 1. The second-order valence-electron chi connectivity index (χ2n) is 5.89. The summed E-state index contributed by atoms with van der Waals surface area (Å²) in [6, 6.07) is 5.73. The third-order valence-corrected chi connectivity index (χ3v) is 6.11. The minimum Gasteiger partial charge on any atom is -0.496 e. The molecular weight excluding hydrogens is 304 g/mol. The van der Waals surface area contributed by atoms with Crippen molar-refractivity contribution >= 4 is 28.5 Å². The molecule has 3 rings (SSSR count). The molecule has 0 atom stereocenters. The summed E-state index contributed by atoms with van der Waals surface area (Å²) in [6.45, 7) is 1.63. The molecule has 3 nitrogen and oxygen atoms in total. The lowest BCUT2D eigenvalue weighted by atomic mass is 9.89. The number of aliphatic imine (C=N–C) groups is 1. The molecule has 114 valence electrons. The van der Waals surface area contributed by atoms with Gasteiger partial charge in [0.05, 0.1) is 7.11 Å². The number of benzene rings is 1. The van der Waals surface area contributed by atoms with Crippen LogP contribution in [0.15, 0.2) is 23.2 Å². The van der Waals surface area contributed by atoms with E-state index in [-0.39, 0.29) is 0 Å². The van der Waals surface area contributed by atoms with Crippen molar-refractivity contribution in [2.75, 3.05) is 19.4 Å². The molecule has 1 heterocycles. The lowest BCUT2D eigenvalue weighted by molar-refractivity contribution is 0.358. The fourth-order valence-electron chi connectivity index (χ4n) is 3.15. The first kappa shape index (κ1) is 15.0. The highest BCUT2D eigenvalue weighted by Gasteiger charge is 2.36. The summed E-state index contributed by atoms with van der Waals surface area (Å²) in [7, 11) is 1.67. The maximum Gasteiger partial charge on any atom is 0.156 e. The van der Waals surface area contributed by atoms with E-state index in [9.17, 15) is 0 Å². The van der Waals surface area contributed by atoms with Gasteiger partial charge in [-0.2, -0.15) is 0 Å². The van der Waals surface area contributed by atoms with E-state index in [0.717, 1.165) is 28.0 Å². The summed E-state index contributed by atoms with van der Waals surface area (Å²) < 4.78 is 5.37. The molecule has 0 radical (unpaired) electrons. The molecule has 1 N–H and O–H groups in total. The summed E-state index contributed by atoms with van der Waals surface area (Å²) in [6.07, 6.45) is 5.43. The van der Waals surface area contributed by atoms with Gasteiger partial charge in [-0.25, -0.2) is 0 Å². The molecule has 0 unspecified atom stereocenters. The molecule has 0 bridgehead atoms. The first-order chi connectivity index (χ1) is 10.2. The second-order valence-corrected chi connectivity index (χ2v) is 7.26. The van der Waals surface area contributed by atoms with E-state index in [2.05, 4.69) is 5.32 Å². The quantitative estimate of drug-likeness (QED) is 0.908. The van der Waals surface area contributed by atoms with Gasteiger partial charge < -0.3 is 10.1 Å². The van der Waals surface area contributed by atoms with Crippen molar-refractivity contribution in [3.63, 3.8) is 0 Å². The normalized spacial score (nSPS) is 20.4. The van der Waals surface area contributed by atoms with Gasteiger partial charge in [-0.05, 0) is 30.4 Å². The third-order valence-electron chi connectivity index (χ3n) is 4.45. The predicted molar refractivity (Wildman–Crippen MR) is 90.5 cm³/mol. The molecule has 1 spiro atoms. The minimum atomic E-state index is 0.484. The number of ether oxygens (including phenoxy) is 1. The van der Waals surface area contributed by atoms with Gasteiger partial charge in [0.1, 0.15) is 5.75 Å². The number of rotatable bonds is 3. The van der Waals surface area contributed by atoms with E-state index in [1.54, 1.807) is 7.11 Å². The van der Waals surface area contributed by atoms with Gasteiger partial charge in [0.15, 0.2) is 5.17 Å². The number of hydrogen-bond donors (Lipinski definition) is 1. The molecule has 0 aromatic heterocycles. The highest BCUT2D eigenvalue weighted by Crippen LogP contribution is 2.43. The van der Waals surface area contributed by atoms with Gasteiger partial charge in [0, 0.05) is 29.4 Å². The summed E-state index contributed by atoms with van der Waals surface area (Å²) >= 11 is 8.11. The van der Waals surface area contributed by atoms with Crippen LogP contribution in [0.4, 0.5) is 0 Å². The lowest BCUT2D eigenvalue weighted by Crippen LogP contribution is -2.33. The first-order valence-corrected chi connectivity index (χ1v) is 8.81. The molecule has 21 heavy (non-hydrogen) atoms. The first-order valence-electron chi connectivity index (χ1n) is 7.45. The number of methoxy groups -OCH3 is 1. The average molecular weight is 325 g/mol. The van der Waals surface area contributed by atoms with Gasteiger partial charge >= 0.3 is 0 Å². The fourth-order valence-corrected chi connectivity index (χ4v) is 4.54. The van der Waals surface area contributed by atoms with Crippen LogP contribution in [0.5, 0.6) is 5.75 Å². The molecule has 5 heteroatoms. The zero-order valence-corrected chi connectivity index (χ0v) is 13.9. The third kappa shape index (κ3) is 3.32. The van der Waals surface area contributed by atoms with Gasteiger partial charge in [0.2, 0.25) is 0 Å². The van der Waals surface area contributed by atoms with Crippen LogP contribution in [0.1, 0.15) is 31.2 Å². The summed E-state index contributed by atoms with van der Waals surface area (Å²) in [5.41, 5.74) is 1.48. The highest BCUT2D eigenvalue weighted by atomic mass is 35.5. The number of thioether (sulfide) groups is 1. The SMILES string of the molecule is COc1cccc(Cl)c1CNC1=NCC2(CCCC2)CS1. The van der Waals surface area contributed by atoms with Crippen LogP contribution in [0, 0.1) is 5.41 Å². The Hall–Kier alpha value is -0.870. The van der Waals surface area contributed by atoms with Gasteiger partial charge in [-0.1, -0.05) is 42.3 Å². The largest absolute Gasteiger partial charge is 0.496 e. The van der Waals surface area contributed by atoms with E-state index in [4.69, 9.17) is 21.3 Å². The van der Waals surface area contributed by atoms with Crippen LogP contribution in [0.25, 0.3) is 0 Å². The van der Waals surface area contributed by atoms with E-state index < -0.39 is 0 Å². The van der Waals surface area contributed by atoms with Gasteiger partial charge in [-0.15, -0.1) is 0 Å². The molecule has 1 aliphatic carbocycles. The number of nitrogens with zero attached hydrogens (tertiary/aromatic N) is 1. The van der Waals surface area contributed by atoms with Crippen LogP contribution < -0.4 is 10.1 Å². The average Bonchev–Trinajstić information content (AvgIpc) is 2.96. The van der Waals surface area contributed by atoms with Gasteiger partial charge in [-0.3, -0.25) is 4.99 Å². The summed E-state index contributed by atoms with van der Waals surface area (Å²) in [5, 5.41) is 5.18. The minimum absolute atomic E-state index is 0.484. The molecule has 1 aromatic rings. The molecule has 0 saturated heterocycles. The van der Waals surface area contributed by atoms with Crippen molar-refractivity contribution in [2.24, 2.45) is 10.4 Å². The van der Waals surface area contributed by atoms with Crippen LogP contribution >= 0.6 is 23.4 Å². The smallest absolute Gasteiger partial charge is 0.156 e. The Morgan fingerprint density at radius 2 is 2.19 bits per heavy atom. The Morgan fingerprint density at radius 1 is 1.38 bits per heavy atom. The summed E-state index contributed by atoms with van der Waals surface area (Å²) in [4.78, 5) is 4.75. The maximum atomic E-state index is 6.26. The van der Waals surface area contributed by atoms with Crippen LogP contribution in [0.3, 0.4) is 0 Å². The number of hydrogen-bond acceptors (Lipinski definition) is 4. The van der Waals surface area contributed by atoms with Crippen molar-refractivity contribution in [3.8, 4) is 5.75 Å². The zero-order valence-electron chi connectivity index (χ0n) is 12.3. The molecule has 1 aromatic carbocycles. The van der Waals surface area contributed by atoms with Crippen molar-refractivity contribution in [2.45, 2.75) is 32.2 Å². The van der Waals surface area contributed by atoms with Crippen LogP contribution in [0.2, 0.25) is 5.02 Å². The molecule has 1 aliphatic heterocycles. The fraction of sp³-hybridized carbons (Fsp3) is 0.562. The van der Waals surface area contributed by atoms with E-state index >= 15 is 0 Å². The van der Waals surface area contributed by atoms with Crippen LogP contribution in [-0.4, -0.2) is 24.6 Å². The number of amidine groups is 1. The number of nitrogens with one attached hydrogen (secondary N) is 1. The lowest BCUT2D eigenvalue weighted by Gasteiger charge is -2.31. The predicted octanol–water partition coefficient (Wildman–Crippen LogP) is 4.10. The van der Waals surface area contributed by atoms with Crippen molar-refractivity contribution < 1.29 is 4.74 Å². The Bertz CT molecular complexity index is 541. The van der Waals surface area contributed by atoms with E-state index in [1.165, 1.54) is 31.4 Å². The zero-order chi connectivity index (χ0) is 14.7. The molecule has 1 fully saturated rings. The topological polar surface area (TPSA) is 33.6 Å². The molecular formula is C16H21ClN2OS. The Labute approximate surface area is 135 Å². The van der Waals surface area contributed by atoms with E-state index in [0.29, 0.717) is 12.0 Å². The Kier molecular flexibility index (Phi) is 4.65. The van der Waals surface area contributed by atoms with Crippen molar-refractivity contribution in [1.29, 1.82) is 0 Å². The van der Waals surface area contributed by atoms with Gasteiger partial charge in [0.25, 0.3) is 0 Å². The monoisotopic (exact) mass is 324 g/mol. The second kappa shape index (κ2) is 6.49. The highest BCUT2D eigenvalue weighted by molar-refractivity contribution is 8.13. The molecule has 0 amide bonds. The maximum absolute atomic E-state index is 6.26. The Balaban J connectivity index is 1.62.